The molecule has 0 radical (unpaired) electrons. The summed E-state index contributed by atoms with van der Waals surface area (Å²) in [5, 5.41) is 16.2. The highest BCUT2D eigenvalue weighted by Crippen LogP contribution is 2.41. The predicted octanol–water partition coefficient (Wildman–Crippen LogP) is 3.73. The Kier molecular flexibility index (Phi) is 5.45. The van der Waals surface area contributed by atoms with Gasteiger partial charge < -0.3 is 15.2 Å². The number of carbonyl (C=O) groups is 1. The fourth-order valence-corrected chi connectivity index (χ4v) is 3.44. The summed E-state index contributed by atoms with van der Waals surface area (Å²) in [7, 11) is 0. The summed E-state index contributed by atoms with van der Waals surface area (Å²) >= 11 is 0. The van der Waals surface area contributed by atoms with E-state index >= 15 is 0 Å². The van der Waals surface area contributed by atoms with Crippen LogP contribution in [0.1, 0.15) is 39.9 Å². The van der Waals surface area contributed by atoms with E-state index in [1.54, 1.807) is 0 Å². The normalized spacial score (nSPS) is 16.8. The molecule has 0 aliphatic carbocycles. The number of aromatic amines is 1. The third-order valence-electron chi connectivity index (χ3n) is 5.30. The van der Waals surface area contributed by atoms with Crippen LogP contribution < -0.4 is 20.7 Å². The summed E-state index contributed by atoms with van der Waals surface area (Å²) in [6.45, 7) is 5.63. The van der Waals surface area contributed by atoms with Crippen molar-refractivity contribution in [2.45, 2.75) is 57.3 Å². The lowest BCUT2D eigenvalue weighted by atomic mass is 9.85. The molecule has 3 rings (SSSR count). The molecule has 1 aliphatic rings. The molecular formula is C19H23F3N4O5. The molecule has 1 aliphatic heterocycles. The van der Waals surface area contributed by atoms with E-state index in [-0.39, 0.29) is 16.7 Å². The Morgan fingerprint density at radius 3 is 2.52 bits per heavy atom. The zero-order chi connectivity index (χ0) is 23.2. The van der Waals surface area contributed by atoms with Crippen molar-refractivity contribution in [1.82, 2.24) is 10.1 Å². The molecular weight excluding hydrogens is 421 g/mol. The number of ether oxygens (including phenoxy) is 1. The number of nitrogens with one attached hydrogen (secondary N) is 2. The third-order valence-corrected chi connectivity index (χ3v) is 5.30. The van der Waals surface area contributed by atoms with Gasteiger partial charge in [-0.15, -0.1) is 0 Å². The fourth-order valence-electron chi connectivity index (χ4n) is 3.44. The number of alkyl halides is 3. The standard InChI is InChI=1S/C19H23F3N4O5/c1-17(2,14-24-15(27)31-25-14)8-11-9-23-12-7-10(5-6-13(12)30-11)26(16(28)29)18(3,4)19(20,21)22/h5-7,11,23H,8-9H2,1-4H3,(H,28,29)(H,24,25,27)/t11-/m0/s1. The molecule has 0 spiro atoms. The number of H-pyrrole nitrogens is 1. The molecule has 1 aromatic heterocycles. The second-order valence-corrected chi connectivity index (χ2v) is 8.51. The number of nitrogens with zero attached hydrogens (tertiary/aromatic N) is 2. The molecule has 170 valence electrons. The van der Waals surface area contributed by atoms with E-state index in [0.717, 1.165) is 13.8 Å². The van der Waals surface area contributed by atoms with Gasteiger partial charge in [0.2, 0.25) is 0 Å². The number of hydrogen-bond donors (Lipinski definition) is 3. The van der Waals surface area contributed by atoms with Gasteiger partial charge in [0, 0.05) is 5.41 Å². The summed E-state index contributed by atoms with van der Waals surface area (Å²) in [4.78, 5) is 25.7. The average Bonchev–Trinajstić information content (AvgIpc) is 3.07. The molecule has 2 heterocycles. The van der Waals surface area contributed by atoms with Crippen molar-refractivity contribution < 1.29 is 32.3 Å². The maximum absolute atomic E-state index is 13.4. The van der Waals surface area contributed by atoms with E-state index in [1.165, 1.54) is 18.2 Å². The lowest BCUT2D eigenvalue weighted by Crippen LogP contribution is -2.57. The smallest absolute Gasteiger partial charge is 0.438 e. The number of hydrogen-bond acceptors (Lipinski definition) is 6. The molecule has 9 nitrogen and oxygen atoms in total. The molecule has 12 heteroatoms. The molecule has 31 heavy (non-hydrogen) atoms. The molecule has 0 saturated carbocycles. The van der Waals surface area contributed by atoms with Crippen molar-refractivity contribution in [3.8, 4) is 5.75 Å². The first-order valence-corrected chi connectivity index (χ1v) is 9.43. The molecule has 1 aromatic carbocycles. The number of halogens is 3. The van der Waals surface area contributed by atoms with Gasteiger partial charge in [-0.2, -0.15) is 13.2 Å². The van der Waals surface area contributed by atoms with Crippen LogP contribution in [0, 0.1) is 0 Å². The Balaban J connectivity index is 1.82. The van der Waals surface area contributed by atoms with Crippen molar-refractivity contribution >= 4 is 17.5 Å². The number of rotatable bonds is 5. The number of anilines is 2. The van der Waals surface area contributed by atoms with Crippen molar-refractivity contribution in [2.75, 3.05) is 16.8 Å². The molecule has 1 amide bonds. The van der Waals surface area contributed by atoms with Gasteiger partial charge >= 0.3 is 18.0 Å². The molecule has 0 bridgehead atoms. The van der Waals surface area contributed by atoms with Crippen LogP contribution in [0.3, 0.4) is 0 Å². The second-order valence-electron chi connectivity index (χ2n) is 8.51. The van der Waals surface area contributed by atoms with Gasteiger partial charge in [-0.1, -0.05) is 19.0 Å². The van der Waals surface area contributed by atoms with E-state index in [2.05, 4.69) is 20.0 Å². The van der Waals surface area contributed by atoms with Crippen LogP contribution >= 0.6 is 0 Å². The Morgan fingerprint density at radius 1 is 1.29 bits per heavy atom. The highest BCUT2D eigenvalue weighted by Gasteiger charge is 2.54. The molecule has 0 fully saturated rings. The van der Waals surface area contributed by atoms with Crippen molar-refractivity contribution in [1.29, 1.82) is 0 Å². The van der Waals surface area contributed by atoms with Gasteiger partial charge in [0.15, 0.2) is 5.82 Å². The van der Waals surface area contributed by atoms with E-state index in [0.29, 0.717) is 30.2 Å². The summed E-state index contributed by atoms with van der Waals surface area (Å²) in [6.07, 6.45) is -6.38. The first kappa shape index (κ1) is 22.5. The van der Waals surface area contributed by atoms with Gasteiger partial charge in [0.1, 0.15) is 17.4 Å². The van der Waals surface area contributed by atoms with Gasteiger partial charge in [0.25, 0.3) is 0 Å². The highest BCUT2D eigenvalue weighted by molar-refractivity contribution is 5.89. The molecule has 2 aromatic rings. The largest absolute Gasteiger partial charge is 0.486 e. The van der Waals surface area contributed by atoms with Crippen LogP contribution in [0.25, 0.3) is 0 Å². The minimum atomic E-state index is -4.77. The minimum Gasteiger partial charge on any atom is -0.486 e. The monoisotopic (exact) mass is 444 g/mol. The van der Waals surface area contributed by atoms with Crippen molar-refractivity contribution in [3.05, 3.63) is 34.6 Å². The SMILES string of the molecule is CC(C)(C[C@H]1CNc2cc(N(C(=O)O)C(C)(C)C(F)(F)F)ccc2O1)c1noc(=O)[nH]1. The maximum atomic E-state index is 13.4. The van der Waals surface area contributed by atoms with Crippen molar-refractivity contribution in [2.24, 2.45) is 0 Å². The fraction of sp³-hybridized carbons (Fsp3) is 0.526. The molecule has 1 atom stereocenters. The number of aromatic nitrogens is 2. The number of fused-ring (bicyclic) bond motifs is 1. The quantitative estimate of drug-likeness (QED) is 0.643. The van der Waals surface area contributed by atoms with Crippen LogP contribution in [-0.2, 0) is 5.41 Å². The van der Waals surface area contributed by atoms with Gasteiger partial charge in [-0.05, 0) is 38.5 Å². The predicted molar refractivity (Wildman–Crippen MR) is 105 cm³/mol. The van der Waals surface area contributed by atoms with E-state index in [4.69, 9.17) is 4.74 Å². The van der Waals surface area contributed by atoms with Crippen LogP contribution in [0.4, 0.5) is 29.3 Å². The molecule has 0 saturated heterocycles. The van der Waals surface area contributed by atoms with Gasteiger partial charge in [-0.3, -0.25) is 14.4 Å². The summed E-state index contributed by atoms with van der Waals surface area (Å²) in [5.74, 6) is 0.0849. The number of carboxylic acid groups (broad SMARTS) is 1. The maximum Gasteiger partial charge on any atom is 0.438 e. The summed E-state index contributed by atoms with van der Waals surface area (Å²) < 4.78 is 50.8. The summed E-state index contributed by atoms with van der Waals surface area (Å²) in [6, 6.07) is 4.01. The first-order valence-electron chi connectivity index (χ1n) is 9.43. The topological polar surface area (TPSA) is 121 Å². The van der Waals surface area contributed by atoms with E-state index < -0.39 is 29.0 Å². The van der Waals surface area contributed by atoms with Gasteiger partial charge in [-0.25, -0.2) is 9.59 Å². The van der Waals surface area contributed by atoms with Crippen LogP contribution in [0.5, 0.6) is 5.75 Å². The minimum absolute atomic E-state index is 0.136. The lowest BCUT2D eigenvalue weighted by Gasteiger charge is -2.38. The van der Waals surface area contributed by atoms with Crippen LogP contribution in [0.15, 0.2) is 27.5 Å². The number of amides is 1. The van der Waals surface area contributed by atoms with E-state index in [9.17, 15) is 27.9 Å². The second kappa shape index (κ2) is 7.50. The first-order chi connectivity index (χ1) is 14.2. The van der Waals surface area contributed by atoms with Gasteiger partial charge in [0.05, 0.1) is 17.9 Å². The number of benzene rings is 1. The zero-order valence-corrected chi connectivity index (χ0v) is 17.3. The average molecular weight is 444 g/mol. The molecule has 0 unspecified atom stereocenters. The highest BCUT2D eigenvalue weighted by atomic mass is 19.4. The summed E-state index contributed by atoms with van der Waals surface area (Å²) in [5.41, 5.74) is -2.97. The molecule has 3 N–H and O–H groups in total. The lowest BCUT2D eigenvalue weighted by molar-refractivity contribution is -0.175. The Morgan fingerprint density at radius 2 is 1.97 bits per heavy atom. The Bertz CT molecular complexity index is 1030. The van der Waals surface area contributed by atoms with Crippen LogP contribution in [0.2, 0.25) is 0 Å². The zero-order valence-electron chi connectivity index (χ0n) is 17.3. The van der Waals surface area contributed by atoms with Crippen LogP contribution in [-0.4, -0.2) is 45.7 Å². The third kappa shape index (κ3) is 4.32. The Labute approximate surface area is 175 Å². The Hall–Kier alpha value is -3.18. The van der Waals surface area contributed by atoms with Crippen molar-refractivity contribution in [3.63, 3.8) is 0 Å². The van der Waals surface area contributed by atoms with E-state index in [1.807, 2.05) is 13.8 Å².